The van der Waals surface area contributed by atoms with Gasteiger partial charge in [-0.2, -0.15) is 0 Å². The van der Waals surface area contributed by atoms with Crippen LogP contribution < -0.4 is 20.4 Å². The van der Waals surface area contributed by atoms with Gasteiger partial charge >= 0.3 is 0 Å². The molecule has 1 saturated heterocycles. The molecule has 0 aliphatic carbocycles. The number of carbonyl (C=O) groups excluding carboxylic acids is 4. The van der Waals surface area contributed by atoms with Crippen LogP contribution in [0.1, 0.15) is 13.8 Å². The number of aliphatic carboxylic acids is 4. The van der Waals surface area contributed by atoms with Gasteiger partial charge in [0.1, 0.15) is 29.9 Å². The van der Waals surface area contributed by atoms with Crippen molar-refractivity contribution in [3.8, 4) is 0 Å². The second-order valence-corrected chi connectivity index (χ2v) is 16.5. The number of carboxylic acid groups (broad SMARTS) is 4. The van der Waals surface area contributed by atoms with Gasteiger partial charge in [0.2, 0.25) is 0 Å². The molecule has 182 valence electrons. The van der Waals surface area contributed by atoms with Crippen molar-refractivity contribution in [2.75, 3.05) is 29.6 Å². The number of aliphatic hydroxyl groups is 4. The van der Waals surface area contributed by atoms with Crippen molar-refractivity contribution in [2.24, 2.45) is 0 Å². The fraction of sp³-hybridized carbons (Fsp3) is 0.765. The van der Waals surface area contributed by atoms with E-state index in [0.717, 1.165) is 13.8 Å². The van der Waals surface area contributed by atoms with Crippen LogP contribution in [0.3, 0.4) is 0 Å². The minimum absolute atomic E-state index is 1.03. The van der Waals surface area contributed by atoms with E-state index >= 15 is 0 Å². The third kappa shape index (κ3) is 4.10. The first-order valence-electron chi connectivity index (χ1n) is 9.13. The lowest BCUT2D eigenvalue weighted by atomic mass is 10.0. The summed E-state index contributed by atoms with van der Waals surface area (Å²) in [7, 11) is -6.02. The maximum absolute atomic E-state index is 11.9. The van der Waals surface area contributed by atoms with E-state index in [1.165, 1.54) is 0 Å². The van der Waals surface area contributed by atoms with Gasteiger partial charge in [-0.25, -0.2) is 8.29 Å². The van der Waals surface area contributed by atoms with Crippen molar-refractivity contribution in [2.45, 2.75) is 48.9 Å². The van der Waals surface area contributed by atoms with Gasteiger partial charge in [-0.1, -0.05) is 13.8 Å². The third-order valence-electron chi connectivity index (χ3n) is 6.61. The van der Waals surface area contributed by atoms with E-state index in [4.69, 9.17) is 4.74 Å². The fourth-order valence-electron chi connectivity index (χ4n) is 4.85. The Morgan fingerprint density at radius 3 is 1.39 bits per heavy atom. The smallest absolute Gasteiger partial charge is 0.115 e. The minimum atomic E-state index is -6.02. The van der Waals surface area contributed by atoms with Gasteiger partial charge in [0.25, 0.3) is 0 Å². The first-order valence-corrected chi connectivity index (χ1v) is 12.4. The van der Waals surface area contributed by atoms with Crippen LogP contribution in [0.25, 0.3) is 0 Å². The third-order valence-corrected chi connectivity index (χ3v) is 16.5. The monoisotopic (exact) mass is 470 g/mol. The van der Waals surface area contributed by atoms with Crippen LogP contribution >= 0.6 is 8.29 Å². The molecular formula is C17H26O13S-4. The molecule has 1 rings (SSSR count). The van der Waals surface area contributed by atoms with E-state index in [0.29, 0.717) is 0 Å². The summed E-state index contributed by atoms with van der Waals surface area (Å²) < 4.78 is 5.45. The molecule has 0 aromatic rings. The highest BCUT2D eigenvalue weighted by Crippen LogP contribution is 2.94. The van der Waals surface area contributed by atoms with Gasteiger partial charge < -0.3 is 64.8 Å². The second kappa shape index (κ2) is 8.52. The lowest BCUT2D eigenvalue weighted by Crippen LogP contribution is -2.76. The topological polar surface area (TPSA) is 251 Å². The molecule has 0 spiro atoms. The predicted molar refractivity (Wildman–Crippen MR) is 96.0 cm³/mol. The van der Waals surface area contributed by atoms with Gasteiger partial charge in [0, 0.05) is 46.9 Å². The molecular weight excluding hydrogens is 444 g/mol. The second-order valence-electron chi connectivity index (χ2n) is 8.51. The summed E-state index contributed by atoms with van der Waals surface area (Å²) in [6, 6.07) is 0. The van der Waals surface area contributed by atoms with Crippen LogP contribution in [0.15, 0.2) is 0 Å². The zero-order chi connectivity index (χ0) is 24.4. The Morgan fingerprint density at radius 2 is 1.13 bits per heavy atom. The molecule has 0 saturated carbocycles. The Hall–Kier alpha value is -1.97. The van der Waals surface area contributed by atoms with E-state index in [2.05, 4.69) is 0 Å². The van der Waals surface area contributed by atoms with Gasteiger partial charge in [-0.15, -0.1) is 0 Å². The molecule has 13 nitrogen and oxygen atoms in total. The van der Waals surface area contributed by atoms with Crippen LogP contribution in [0.4, 0.5) is 0 Å². The molecule has 0 aromatic carbocycles. The van der Waals surface area contributed by atoms with Crippen LogP contribution in [0.2, 0.25) is 0 Å². The zero-order valence-corrected chi connectivity index (χ0v) is 17.7. The Labute approximate surface area is 176 Å². The van der Waals surface area contributed by atoms with E-state index < -0.39 is 96.9 Å². The molecule has 5 atom stereocenters. The molecule has 0 radical (unpaired) electrons. The Bertz CT molecular complexity index is 682. The summed E-state index contributed by atoms with van der Waals surface area (Å²) in [6.07, 6.45) is -8.22. The normalized spacial score (nSPS) is 29.1. The number of rotatable bonds is 11. The summed E-state index contributed by atoms with van der Waals surface area (Å²) in [5.41, 5.74) is -2.28. The van der Waals surface area contributed by atoms with Crippen LogP contribution in [0, 0.1) is 0 Å². The van der Waals surface area contributed by atoms with Crippen molar-refractivity contribution < 1.29 is 64.8 Å². The van der Waals surface area contributed by atoms with E-state index in [-0.39, 0.29) is 0 Å². The molecule has 1 aliphatic rings. The van der Waals surface area contributed by atoms with E-state index in [1.54, 1.807) is 0 Å². The molecule has 0 bridgehead atoms. The lowest BCUT2D eigenvalue weighted by Gasteiger charge is -2.86. The molecule has 1 heterocycles. The molecule has 14 heteroatoms. The van der Waals surface area contributed by atoms with Crippen LogP contribution in [0.5, 0.6) is 0 Å². The van der Waals surface area contributed by atoms with Crippen molar-refractivity contribution in [3.63, 3.8) is 0 Å². The minimum Gasteiger partial charge on any atom is -0.549 e. The molecule has 1 aliphatic heterocycles. The quantitative estimate of drug-likeness (QED) is 0.219. The largest absolute Gasteiger partial charge is 0.549 e. The number of ether oxygens (including phenoxy) is 1. The number of carboxylic acids is 4. The maximum Gasteiger partial charge on any atom is 0.115 e. The zero-order valence-electron chi connectivity index (χ0n) is 16.9. The van der Waals surface area contributed by atoms with Crippen molar-refractivity contribution in [3.05, 3.63) is 0 Å². The standard InChI is InChI=1S/C17H30O13S/c1-8(2)31(4-10(19)20,5-11(21)22,6-12(23)24,7-13(25)26)17-16(29)15(28)14(27)9(3-18)30-17/h8-9,14-18,27-29H,3-7H2,1-2H3,(H,19,20)(H,21,22)(H,23,24)(H,25,26)/p-4/t9-,14+,15+,16-,17+/m1/s1. The van der Waals surface area contributed by atoms with Gasteiger partial charge in [-0.3, -0.25) is 0 Å². The summed E-state index contributed by atoms with van der Waals surface area (Å²) in [5.74, 6) is -14.3. The van der Waals surface area contributed by atoms with Crippen LogP contribution in [-0.4, -0.2) is 109 Å². The highest BCUT2D eigenvalue weighted by molar-refractivity contribution is 8.66. The summed E-state index contributed by atoms with van der Waals surface area (Å²) in [4.78, 5) is 47.6. The summed E-state index contributed by atoms with van der Waals surface area (Å²) in [6.45, 7) is 1.25. The molecule has 4 N–H and O–H groups in total. The van der Waals surface area contributed by atoms with Gasteiger partial charge in [0.15, 0.2) is 0 Å². The average Bonchev–Trinajstić information content (AvgIpc) is 2.57. The highest BCUT2D eigenvalue weighted by Gasteiger charge is 2.72. The molecule has 0 unspecified atom stereocenters. The van der Waals surface area contributed by atoms with Gasteiger partial charge in [0.05, 0.1) is 6.61 Å². The molecule has 31 heavy (non-hydrogen) atoms. The molecule has 0 aromatic heterocycles. The lowest BCUT2D eigenvalue weighted by molar-refractivity contribution is -0.301. The van der Waals surface area contributed by atoms with Crippen molar-refractivity contribution in [1.29, 1.82) is 0 Å². The highest BCUT2D eigenvalue weighted by atomic mass is 32.4. The predicted octanol–water partition coefficient (Wildman–Crippen LogP) is -7.93. The number of hydrogen-bond acceptors (Lipinski definition) is 13. The number of carbonyl (C=O) groups is 4. The van der Waals surface area contributed by atoms with E-state index in [1.807, 2.05) is 0 Å². The van der Waals surface area contributed by atoms with Crippen LogP contribution in [-0.2, 0) is 23.9 Å². The summed E-state index contributed by atoms with van der Waals surface area (Å²) >= 11 is 0. The van der Waals surface area contributed by atoms with E-state index in [9.17, 15) is 60.0 Å². The molecule has 1 fully saturated rings. The van der Waals surface area contributed by atoms with Gasteiger partial charge in [-0.05, 0) is 5.25 Å². The maximum atomic E-state index is 11.9. The fourth-order valence-corrected chi connectivity index (χ4v) is 12.7. The Kier molecular flexibility index (Phi) is 7.44. The average molecular weight is 470 g/mol. The van der Waals surface area contributed by atoms with Crippen molar-refractivity contribution in [1.82, 2.24) is 0 Å². The Morgan fingerprint density at radius 1 is 0.774 bits per heavy atom. The molecule has 0 amide bonds. The first-order chi connectivity index (χ1) is 14.0. The SMILES string of the molecule is CC(C)S(CC(=O)[O-])(CC(=O)[O-])(CC(=O)[O-])(CC(=O)[O-])[C@@H]1O[C@H](CO)[C@H](O)[C@H](O)[C@H]1O. The summed E-state index contributed by atoms with van der Waals surface area (Å²) in [5, 5.41) is 86.7. The number of hydrogen-bond donors (Lipinski definition) is 4. The first kappa shape index (κ1) is 27.1. The Balaban J connectivity index is 4.28. The number of aliphatic hydroxyl groups excluding tert-OH is 4. The van der Waals surface area contributed by atoms with Crippen molar-refractivity contribution >= 4 is 32.2 Å².